The van der Waals surface area contributed by atoms with Crippen molar-refractivity contribution in [2.75, 3.05) is 31.1 Å². The summed E-state index contributed by atoms with van der Waals surface area (Å²) >= 11 is 0. The third kappa shape index (κ3) is 5.92. The van der Waals surface area contributed by atoms with Crippen LogP contribution < -0.4 is 10.2 Å². The SMILES string of the molecule is Cc1nc(CNC(=O)[C@H](CC2CCCC2)CN(O)C=O)c(F)c(N2C[C@H](CO)[C@@H](C)C2)n1. The van der Waals surface area contributed by atoms with Gasteiger partial charge >= 0.3 is 0 Å². The fourth-order valence-corrected chi connectivity index (χ4v) is 4.87. The summed E-state index contributed by atoms with van der Waals surface area (Å²) in [6.07, 6.45) is 5.16. The van der Waals surface area contributed by atoms with E-state index >= 15 is 4.39 Å². The summed E-state index contributed by atoms with van der Waals surface area (Å²) in [7, 11) is 0. The highest BCUT2D eigenvalue weighted by atomic mass is 19.1. The van der Waals surface area contributed by atoms with E-state index in [-0.39, 0.29) is 55.4 Å². The van der Waals surface area contributed by atoms with E-state index in [9.17, 15) is 19.9 Å². The van der Waals surface area contributed by atoms with E-state index in [4.69, 9.17) is 0 Å². The van der Waals surface area contributed by atoms with Crippen LogP contribution in [0.1, 0.15) is 50.5 Å². The van der Waals surface area contributed by atoms with Crippen molar-refractivity contribution >= 4 is 18.1 Å². The minimum Gasteiger partial charge on any atom is -0.396 e. The first kappa shape index (κ1) is 24.3. The molecule has 1 aromatic rings. The van der Waals surface area contributed by atoms with Crippen molar-refractivity contribution in [3.05, 3.63) is 17.3 Å². The lowest BCUT2D eigenvalue weighted by atomic mass is 9.92. The van der Waals surface area contributed by atoms with Gasteiger partial charge in [0.2, 0.25) is 12.3 Å². The van der Waals surface area contributed by atoms with E-state index in [1.165, 1.54) is 0 Å². The molecule has 0 unspecified atom stereocenters. The number of nitrogens with zero attached hydrogens (tertiary/aromatic N) is 4. The van der Waals surface area contributed by atoms with Gasteiger partial charge in [0.15, 0.2) is 11.6 Å². The Labute approximate surface area is 188 Å². The lowest BCUT2D eigenvalue weighted by Gasteiger charge is -2.23. The average Bonchev–Trinajstić information content (AvgIpc) is 3.42. The van der Waals surface area contributed by atoms with Gasteiger partial charge in [0.05, 0.1) is 19.0 Å². The quantitative estimate of drug-likeness (QED) is 0.281. The number of carbonyl (C=O) groups is 2. The number of hydroxylamine groups is 2. The van der Waals surface area contributed by atoms with Crippen molar-refractivity contribution in [1.29, 1.82) is 0 Å². The second-order valence-corrected chi connectivity index (χ2v) is 9.21. The molecule has 3 rings (SSSR count). The molecular weight excluding hydrogens is 417 g/mol. The molecule has 178 valence electrons. The molecule has 0 bridgehead atoms. The molecule has 10 heteroatoms. The molecule has 0 aromatic carbocycles. The van der Waals surface area contributed by atoms with E-state index in [0.717, 1.165) is 25.7 Å². The van der Waals surface area contributed by atoms with E-state index in [0.29, 0.717) is 36.3 Å². The average molecular weight is 452 g/mol. The van der Waals surface area contributed by atoms with Crippen LogP contribution >= 0.6 is 0 Å². The predicted molar refractivity (Wildman–Crippen MR) is 115 cm³/mol. The number of carbonyl (C=O) groups excluding carboxylic acids is 2. The zero-order chi connectivity index (χ0) is 23.3. The maximum atomic E-state index is 15.2. The van der Waals surface area contributed by atoms with Gasteiger partial charge in [-0.15, -0.1) is 0 Å². The molecule has 1 saturated heterocycles. The second kappa shape index (κ2) is 11.0. The molecule has 1 aromatic heterocycles. The van der Waals surface area contributed by atoms with Crippen molar-refractivity contribution < 1.29 is 24.3 Å². The number of hydrogen-bond acceptors (Lipinski definition) is 7. The standard InChI is InChI=1S/C22H34FN5O4/c1-14-9-27(10-18(14)12-29)21-20(23)19(25-15(2)26-21)8-24-22(31)17(11-28(32)13-30)7-16-5-3-4-6-16/h13-14,16-18,29,32H,3-12H2,1-2H3,(H,24,31)/t14-,17+,18+/m0/s1. The van der Waals surface area contributed by atoms with Crippen LogP contribution in [0.4, 0.5) is 10.2 Å². The molecular formula is C22H34FN5O4. The molecule has 0 spiro atoms. The van der Waals surface area contributed by atoms with E-state index in [1.807, 2.05) is 11.8 Å². The molecule has 2 aliphatic rings. The first-order chi connectivity index (χ1) is 15.3. The van der Waals surface area contributed by atoms with Gasteiger partial charge in [-0.1, -0.05) is 32.6 Å². The molecule has 0 radical (unpaired) electrons. The van der Waals surface area contributed by atoms with E-state index in [2.05, 4.69) is 15.3 Å². The van der Waals surface area contributed by atoms with Gasteiger partial charge in [0.25, 0.3) is 0 Å². The van der Waals surface area contributed by atoms with Crippen molar-refractivity contribution in [1.82, 2.24) is 20.3 Å². The van der Waals surface area contributed by atoms with Gasteiger partial charge in [0.1, 0.15) is 11.5 Å². The normalized spacial score (nSPS) is 22.2. The maximum Gasteiger partial charge on any atom is 0.233 e. The summed E-state index contributed by atoms with van der Waals surface area (Å²) < 4.78 is 15.2. The van der Waals surface area contributed by atoms with Crippen LogP contribution in [0, 0.1) is 36.4 Å². The topological polar surface area (TPSA) is 119 Å². The number of aromatic nitrogens is 2. The predicted octanol–water partition coefficient (Wildman–Crippen LogP) is 1.65. The molecule has 32 heavy (non-hydrogen) atoms. The first-order valence-electron chi connectivity index (χ1n) is 11.4. The highest BCUT2D eigenvalue weighted by Gasteiger charge is 2.32. The number of amides is 2. The Morgan fingerprint density at radius 2 is 2.06 bits per heavy atom. The summed E-state index contributed by atoms with van der Waals surface area (Å²) in [5.74, 6) is -0.256. The first-order valence-corrected chi connectivity index (χ1v) is 11.4. The van der Waals surface area contributed by atoms with Crippen molar-refractivity contribution in [2.45, 2.75) is 52.5 Å². The Morgan fingerprint density at radius 3 is 2.69 bits per heavy atom. The fraction of sp³-hybridized carbons (Fsp3) is 0.727. The summed E-state index contributed by atoms with van der Waals surface area (Å²) in [5, 5.41) is 22.4. The number of aliphatic hydroxyl groups excluding tert-OH is 1. The summed E-state index contributed by atoms with van der Waals surface area (Å²) in [6.45, 7) is 4.62. The Balaban J connectivity index is 1.69. The minimum absolute atomic E-state index is 0.0390. The molecule has 2 heterocycles. The molecule has 2 fully saturated rings. The van der Waals surface area contributed by atoms with Crippen LogP contribution in [-0.2, 0) is 16.1 Å². The fourth-order valence-electron chi connectivity index (χ4n) is 4.87. The molecule has 1 aliphatic carbocycles. The van der Waals surface area contributed by atoms with Crippen molar-refractivity contribution in [2.24, 2.45) is 23.7 Å². The van der Waals surface area contributed by atoms with Gasteiger partial charge in [-0.25, -0.2) is 19.4 Å². The van der Waals surface area contributed by atoms with Gasteiger partial charge in [-0.2, -0.15) is 0 Å². The number of anilines is 1. The van der Waals surface area contributed by atoms with E-state index < -0.39 is 11.7 Å². The third-order valence-electron chi connectivity index (χ3n) is 6.74. The summed E-state index contributed by atoms with van der Waals surface area (Å²) in [5.41, 5.74) is 0.0943. The molecule has 1 aliphatic heterocycles. The molecule has 2 amide bonds. The van der Waals surface area contributed by atoms with Crippen LogP contribution in [0.25, 0.3) is 0 Å². The Kier molecular flexibility index (Phi) is 8.36. The van der Waals surface area contributed by atoms with Crippen molar-refractivity contribution in [3.8, 4) is 0 Å². The number of nitrogens with one attached hydrogen (secondary N) is 1. The smallest absolute Gasteiger partial charge is 0.233 e. The summed E-state index contributed by atoms with van der Waals surface area (Å²) in [6, 6.07) is 0. The van der Waals surface area contributed by atoms with Crippen LogP contribution in [-0.4, -0.2) is 63.9 Å². The van der Waals surface area contributed by atoms with Gasteiger partial charge in [-0.05, 0) is 25.2 Å². The van der Waals surface area contributed by atoms with Crippen LogP contribution in [0.5, 0.6) is 0 Å². The number of hydrogen-bond donors (Lipinski definition) is 3. The van der Waals surface area contributed by atoms with Gasteiger partial charge < -0.3 is 15.3 Å². The van der Waals surface area contributed by atoms with E-state index in [1.54, 1.807) is 6.92 Å². The van der Waals surface area contributed by atoms with Crippen molar-refractivity contribution in [3.63, 3.8) is 0 Å². The monoisotopic (exact) mass is 451 g/mol. The lowest BCUT2D eigenvalue weighted by molar-refractivity contribution is -0.155. The molecule has 1 saturated carbocycles. The molecule has 3 N–H and O–H groups in total. The zero-order valence-electron chi connectivity index (χ0n) is 18.8. The minimum atomic E-state index is -0.580. The van der Waals surface area contributed by atoms with Gasteiger partial charge in [-0.3, -0.25) is 14.8 Å². The Hall–Kier alpha value is -2.33. The second-order valence-electron chi connectivity index (χ2n) is 9.21. The number of aliphatic hydroxyl groups is 1. The Bertz CT molecular complexity index is 805. The highest BCUT2D eigenvalue weighted by Crippen LogP contribution is 2.31. The lowest BCUT2D eigenvalue weighted by Crippen LogP contribution is -2.38. The maximum absolute atomic E-state index is 15.2. The molecule has 9 nitrogen and oxygen atoms in total. The van der Waals surface area contributed by atoms with Crippen LogP contribution in [0.3, 0.4) is 0 Å². The van der Waals surface area contributed by atoms with Crippen LogP contribution in [0.2, 0.25) is 0 Å². The number of aryl methyl sites for hydroxylation is 1. The Morgan fingerprint density at radius 1 is 1.34 bits per heavy atom. The number of halogens is 1. The largest absolute Gasteiger partial charge is 0.396 e. The zero-order valence-corrected chi connectivity index (χ0v) is 18.8. The molecule has 3 atom stereocenters. The highest BCUT2D eigenvalue weighted by molar-refractivity contribution is 5.79. The summed E-state index contributed by atoms with van der Waals surface area (Å²) in [4.78, 5) is 34.0. The number of rotatable bonds is 10. The third-order valence-corrected chi connectivity index (χ3v) is 6.74. The van der Waals surface area contributed by atoms with Crippen LogP contribution in [0.15, 0.2) is 0 Å². The van der Waals surface area contributed by atoms with Gasteiger partial charge in [0, 0.05) is 25.6 Å².